The highest BCUT2D eigenvalue weighted by atomic mass is 32.1. The number of aromatic amines is 1. The summed E-state index contributed by atoms with van der Waals surface area (Å²) in [6, 6.07) is -0.347. The second kappa shape index (κ2) is 4.73. The molecule has 16 heavy (non-hydrogen) atoms. The molecule has 7 heteroatoms. The summed E-state index contributed by atoms with van der Waals surface area (Å²) in [5.74, 6) is 0.0850. The van der Waals surface area contributed by atoms with Crippen molar-refractivity contribution in [3.63, 3.8) is 0 Å². The zero-order valence-electron chi connectivity index (χ0n) is 9.22. The fourth-order valence-corrected chi connectivity index (χ4v) is 2.19. The zero-order chi connectivity index (χ0) is 11.5. The van der Waals surface area contributed by atoms with Crippen LogP contribution in [0.4, 0.5) is 0 Å². The van der Waals surface area contributed by atoms with Crippen molar-refractivity contribution in [2.75, 3.05) is 13.1 Å². The molecule has 1 aromatic heterocycles. The van der Waals surface area contributed by atoms with Crippen molar-refractivity contribution in [2.24, 2.45) is 0 Å². The third-order valence-corrected chi connectivity index (χ3v) is 3.18. The van der Waals surface area contributed by atoms with Gasteiger partial charge in [-0.15, -0.1) is 0 Å². The van der Waals surface area contributed by atoms with Crippen molar-refractivity contribution in [2.45, 2.75) is 32.2 Å². The van der Waals surface area contributed by atoms with Crippen LogP contribution in [-0.4, -0.2) is 44.1 Å². The molecule has 1 aliphatic rings. The van der Waals surface area contributed by atoms with Gasteiger partial charge in [0.05, 0.1) is 0 Å². The van der Waals surface area contributed by atoms with Gasteiger partial charge in [0, 0.05) is 13.1 Å². The number of carbonyl (C=O) groups is 1. The number of hydrogen-bond acceptors (Lipinski definition) is 4. The van der Waals surface area contributed by atoms with Gasteiger partial charge in [-0.05, 0) is 38.4 Å². The molecule has 1 atom stereocenters. The SMILES string of the molecule is CC(C(=O)N1CCCCC1)n1[nH]nnc1=S. The number of rotatable bonds is 2. The van der Waals surface area contributed by atoms with Gasteiger partial charge in [-0.1, -0.05) is 10.3 Å². The molecule has 0 saturated carbocycles. The molecule has 1 unspecified atom stereocenters. The minimum atomic E-state index is -0.347. The number of nitrogens with one attached hydrogen (secondary N) is 1. The Hall–Kier alpha value is -1.24. The highest BCUT2D eigenvalue weighted by molar-refractivity contribution is 7.71. The lowest BCUT2D eigenvalue weighted by Crippen LogP contribution is -2.40. The standard InChI is InChI=1S/C9H15N5OS/c1-7(14-9(16)10-11-12-14)8(15)13-5-3-2-4-6-13/h7H,2-6H2,1H3,(H,10,12,16). The Morgan fingerprint density at radius 2 is 2.12 bits per heavy atom. The van der Waals surface area contributed by atoms with Gasteiger partial charge >= 0.3 is 0 Å². The Balaban J connectivity index is 2.09. The van der Waals surface area contributed by atoms with Crippen molar-refractivity contribution in [1.82, 2.24) is 25.1 Å². The third kappa shape index (κ3) is 2.13. The lowest BCUT2D eigenvalue weighted by atomic mass is 10.1. The quantitative estimate of drug-likeness (QED) is 0.781. The summed E-state index contributed by atoms with van der Waals surface area (Å²) in [6.07, 6.45) is 3.39. The first-order valence-corrected chi connectivity index (χ1v) is 5.89. The summed E-state index contributed by atoms with van der Waals surface area (Å²) < 4.78 is 1.84. The molecule has 2 rings (SSSR count). The summed E-state index contributed by atoms with van der Waals surface area (Å²) in [5.41, 5.74) is 0. The van der Waals surface area contributed by atoms with Crippen LogP contribution in [0.2, 0.25) is 0 Å². The van der Waals surface area contributed by atoms with E-state index < -0.39 is 0 Å². The number of nitrogens with zero attached hydrogens (tertiary/aromatic N) is 4. The van der Waals surface area contributed by atoms with Gasteiger partial charge < -0.3 is 4.90 Å². The Kier molecular flexibility index (Phi) is 3.33. The Morgan fingerprint density at radius 3 is 2.69 bits per heavy atom. The molecule has 0 bridgehead atoms. The lowest BCUT2D eigenvalue weighted by molar-refractivity contribution is -0.135. The maximum Gasteiger partial charge on any atom is 0.247 e. The maximum atomic E-state index is 12.1. The van der Waals surface area contributed by atoms with Crippen molar-refractivity contribution in [3.8, 4) is 0 Å². The van der Waals surface area contributed by atoms with Crippen LogP contribution in [0.5, 0.6) is 0 Å². The molecular weight excluding hydrogens is 226 g/mol. The number of H-pyrrole nitrogens is 1. The lowest BCUT2D eigenvalue weighted by Gasteiger charge is -2.29. The summed E-state index contributed by atoms with van der Waals surface area (Å²) in [4.78, 5) is 14.0. The van der Waals surface area contributed by atoms with Crippen LogP contribution in [0.15, 0.2) is 0 Å². The number of hydrogen-bond donors (Lipinski definition) is 1. The predicted molar refractivity (Wildman–Crippen MR) is 60.3 cm³/mol. The van der Waals surface area contributed by atoms with Crippen LogP contribution in [0.1, 0.15) is 32.2 Å². The molecule has 2 heterocycles. The van der Waals surface area contributed by atoms with Crippen molar-refractivity contribution in [1.29, 1.82) is 0 Å². The number of likely N-dealkylation sites (tertiary alicyclic amines) is 1. The van der Waals surface area contributed by atoms with E-state index in [1.54, 1.807) is 0 Å². The van der Waals surface area contributed by atoms with Gasteiger partial charge in [0.2, 0.25) is 10.7 Å². The van der Waals surface area contributed by atoms with Crippen LogP contribution in [0.3, 0.4) is 0 Å². The number of piperidine rings is 1. The predicted octanol–water partition coefficient (Wildman–Crippen LogP) is 0.909. The maximum absolute atomic E-state index is 12.1. The van der Waals surface area contributed by atoms with Gasteiger partial charge in [0.1, 0.15) is 6.04 Å². The first-order valence-electron chi connectivity index (χ1n) is 5.48. The first kappa shape index (κ1) is 11.3. The summed E-state index contributed by atoms with van der Waals surface area (Å²) in [6.45, 7) is 3.50. The van der Waals surface area contributed by atoms with E-state index in [4.69, 9.17) is 12.2 Å². The molecule has 1 aromatic rings. The van der Waals surface area contributed by atoms with E-state index in [-0.39, 0.29) is 11.9 Å². The second-order valence-electron chi connectivity index (χ2n) is 4.01. The topological polar surface area (TPSA) is 66.8 Å². The monoisotopic (exact) mass is 241 g/mol. The van der Waals surface area contributed by atoms with Crippen molar-refractivity contribution >= 4 is 18.1 Å². The highest BCUT2D eigenvalue weighted by Gasteiger charge is 2.24. The average molecular weight is 241 g/mol. The van der Waals surface area contributed by atoms with Gasteiger partial charge in [0.25, 0.3) is 0 Å². The minimum absolute atomic E-state index is 0.0850. The van der Waals surface area contributed by atoms with Crippen molar-refractivity contribution in [3.05, 3.63) is 4.77 Å². The number of aromatic nitrogens is 4. The largest absolute Gasteiger partial charge is 0.341 e. The third-order valence-electron chi connectivity index (χ3n) is 2.91. The molecule has 0 aromatic carbocycles. The van der Waals surface area contributed by atoms with E-state index in [2.05, 4.69) is 15.5 Å². The molecular formula is C9H15N5OS. The fraction of sp³-hybridized carbons (Fsp3) is 0.778. The molecule has 1 saturated heterocycles. The summed E-state index contributed by atoms with van der Waals surface area (Å²) in [5, 5.41) is 9.88. The smallest absolute Gasteiger partial charge is 0.247 e. The van der Waals surface area contributed by atoms with Gasteiger partial charge in [-0.3, -0.25) is 4.79 Å². The zero-order valence-corrected chi connectivity index (χ0v) is 10.0. The fourth-order valence-electron chi connectivity index (χ4n) is 1.95. The molecule has 6 nitrogen and oxygen atoms in total. The minimum Gasteiger partial charge on any atom is -0.341 e. The van der Waals surface area contributed by atoms with Gasteiger partial charge in [-0.2, -0.15) is 5.21 Å². The Labute approximate surface area is 98.6 Å². The average Bonchev–Trinajstić information content (AvgIpc) is 2.75. The molecule has 88 valence electrons. The van der Waals surface area contributed by atoms with E-state index in [1.807, 2.05) is 11.8 Å². The van der Waals surface area contributed by atoms with E-state index in [0.29, 0.717) is 4.77 Å². The summed E-state index contributed by atoms with van der Waals surface area (Å²) >= 11 is 4.97. The van der Waals surface area contributed by atoms with Crippen LogP contribution in [-0.2, 0) is 4.79 Å². The Bertz CT molecular complexity index is 420. The molecule has 1 aliphatic heterocycles. The van der Waals surface area contributed by atoms with Crippen LogP contribution in [0, 0.1) is 4.77 Å². The van der Waals surface area contributed by atoms with Crippen LogP contribution < -0.4 is 0 Å². The number of tetrazole rings is 1. The molecule has 1 fully saturated rings. The number of amides is 1. The van der Waals surface area contributed by atoms with Crippen LogP contribution in [0.25, 0.3) is 0 Å². The molecule has 0 aliphatic carbocycles. The molecule has 1 amide bonds. The van der Waals surface area contributed by atoms with Crippen molar-refractivity contribution < 1.29 is 4.79 Å². The van der Waals surface area contributed by atoms with E-state index >= 15 is 0 Å². The normalized spacial score (nSPS) is 18.4. The van der Waals surface area contributed by atoms with Gasteiger partial charge in [-0.25, -0.2) is 4.68 Å². The Morgan fingerprint density at radius 1 is 1.44 bits per heavy atom. The molecule has 0 radical (unpaired) electrons. The van der Waals surface area contributed by atoms with Crippen LogP contribution >= 0.6 is 12.2 Å². The first-order chi connectivity index (χ1) is 7.70. The molecule has 0 spiro atoms. The van der Waals surface area contributed by atoms with E-state index in [9.17, 15) is 4.79 Å². The highest BCUT2D eigenvalue weighted by Crippen LogP contribution is 2.14. The summed E-state index contributed by atoms with van der Waals surface area (Å²) in [7, 11) is 0. The van der Waals surface area contributed by atoms with E-state index in [1.165, 1.54) is 11.1 Å². The molecule has 1 N–H and O–H groups in total. The second-order valence-corrected chi connectivity index (χ2v) is 4.38. The van der Waals surface area contributed by atoms with Gasteiger partial charge in [0.15, 0.2) is 0 Å². The number of carbonyl (C=O) groups excluding carboxylic acids is 1. The van der Waals surface area contributed by atoms with E-state index in [0.717, 1.165) is 25.9 Å².